The predicted octanol–water partition coefficient (Wildman–Crippen LogP) is 2.21. The molecule has 0 amide bonds. The number of H-pyrrole nitrogens is 1. The molecule has 0 spiro atoms. The van der Waals surface area contributed by atoms with Crippen molar-refractivity contribution in [3.05, 3.63) is 17.5 Å². The molecule has 1 saturated carbocycles. The molecule has 2 heterocycles. The first kappa shape index (κ1) is 16.0. The number of hydrogen-bond acceptors (Lipinski definition) is 4. The molecule has 1 aromatic heterocycles. The molecular formula is C17H29N3O2. The van der Waals surface area contributed by atoms with Crippen LogP contribution < -0.4 is 0 Å². The normalized spacial score (nSPS) is 33.1. The number of rotatable bonds is 3. The van der Waals surface area contributed by atoms with Gasteiger partial charge in [-0.1, -0.05) is 20.8 Å². The van der Waals surface area contributed by atoms with Gasteiger partial charge in [-0.3, -0.25) is 10.00 Å². The molecule has 2 fully saturated rings. The molecule has 3 atom stereocenters. The van der Waals surface area contributed by atoms with Gasteiger partial charge < -0.3 is 9.84 Å². The number of methoxy groups -OCH3 is 1. The first-order valence-corrected chi connectivity index (χ1v) is 8.36. The predicted molar refractivity (Wildman–Crippen MR) is 85.7 cm³/mol. The topological polar surface area (TPSA) is 61.4 Å². The molecule has 1 aliphatic heterocycles. The first-order chi connectivity index (χ1) is 10.3. The zero-order valence-corrected chi connectivity index (χ0v) is 14.2. The fraction of sp³-hybridized carbons (Fsp3) is 0.824. The SMILES string of the molecule is CO[C@@]12CC[C@H](O)C[C@@H]1N(Cc1cc(C(C)(C)C)n[nH]1)CC2. The summed E-state index contributed by atoms with van der Waals surface area (Å²) in [4.78, 5) is 2.45. The van der Waals surface area contributed by atoms with Crippen molar-refractivity contribution >= 4 is 0 Å². The molecule has 2 N–H and O–H groups in total. The van der Waals surface area contributed by atoms with E-state index >= 15 is 0 Å². The van der Waals surface area contributed by atoms with Crippen LogP contribution in [0.1, 0.15) is 57.8 Å². The number of aromatic amines is 1. The molecule has 1 saturated heterocycles. The van der Waals surface area contributed by atoms with Crippen LogP contribution in [0.25, 0.3) is 0 Å². The van der Waals surface area contributed by atoms with Gasteiger partial charge in [0.2, 0.25) is 0 Å². The Bertz CT molecular complexity index is 522. The quantitative estimate of drug-likeness (QED) is 0.899. The summed E-state index contributed by atoms with van der Waals surface area (Å²) in [5, 5.41) is 17.7. The lowest BCUT2D eigenvalue weighted by atomic mass is 9.79. The highest BCUT2D eigenvalue weighted by atomic mass is 16.5. The van der Waals surface area contributed by atoms with Gasteiger partial charge in [0, 0.05) is 37.4 Å². The summed E-state index contributed by atoms with van der Waals surface area (Å²) in [6.45, 7) is 8.41. The smallest absolute Gasteiger partial charge is 0.0847 e. The van der Waals surface area contributed by atoms with Crippen LogP contribution in [-0.4, -0.2) is 51.6 Å². The molecule has 124 valence electrons. The van der Waals surface area contributed by atoms with Crippen LogP contribution in [0.4, 0.5) is 0 Å². The van der Waals surface area contributed by atoms with Gasteiger partial charge in [0.1, 0.15) is 0 Å². The molecule has 0 aromatic carbocycles. The number of aliphatic hydroxyl groups is 1. The van der Waals surface area contributed by atoms with E-state index < -0.39 is 0 Å². The van der Waals surface area contributed by atoms with E-state index in [-0.39, 0.29) is 17.1 Å². The van der Waals surface area contributed by atoms with Crippen LogP contribution in [0, 0.1) is 0 Å². The second-order valence-corrected chi connectivity index (χ2v) is 7.96. The van der Waals surface area contributed by atoms with Gasteiger partial charge in [-0.15, -0.1) is 0 Å². The summed E-state index contributed by atoms with van der Waals surface area (Å²) in [6.07, 6.45) is 3.49. The van der Waals surface area contributed by atoms with Gasteiger partial charge >= 0.3 is 0 Å². The second kappa shape index (κ2) is 5.62. The third-order valence-electron chi connectivity index (χ3n) is 5.45. The van der Waals surface area contributed by atoms with E-state index in [4.69, 9.17) is 4.74 Å². The Hall–Kier alpha value is -0.910. The zero-order valence-electron chi connectivity index (χ0n) is 14.2. The minimum atomic E-state index is -0.194. The number of ether oxygens (including phenoxy) is 1. The second-order valence-electron chi connectivity index (χ2n) is 7.96. The highest BCUT2D eigenvalue weighted by Gasteiger charge is 2.50. The molecule has 1 aliphatic carbocycles. The van der Waals surface area contributed by atoms with E-state index in [2.05, 4.69) is 41.9 Å². The van der Waals surface area contributed by atoms with Crippen molar-refractivity contribution in [3.8, 4) is 0 Å². The van der Waals surface area contributed by atoms with Crippen molar-refractivity contribution in [2.75, 3.05) is 13.7 Å². The van der Waals surface area contributed by atoms with Crippen LogP contribution in [0.3, 0.4) is 0 Å². The van der Waals surface area contributed by atoms with E-state index in [0.29, 0.717) is 6.04 Å². The fourth-order valence-electron chi connectivity index (χ4n) is 4.01. The number of fused-ring (bicyclic) bond motifs is 1. The van der Waals surface area contributed by atoms with Crippen LogP contribution in [0.15, 0.2) is 6.07 Å². The van der Waals surface area contributed by atoms with Crippen LogP contribution >= 0.6 is 0 Å². The minimum absolute atomic E-state index is 0.0634. The maximum absolute atomic E-state index is 10.1. The maximum atomic E-state index is 10.1. The highest BCUT2D eigenvalue weighted by Crippen LogP contribution is 2.42. The molecule has 1 aromatic rings. The van der Waals surface area contributed by atoms with Gasteiger partial charge in [-0.05, 0) is 31.7 Å². The standard InChI is InChI=1S/C17H29N3O2/c1-16(2,3)14-9-12(18-19-14)11-20-8-7-17(22-4)6-5-13(21)10-15(17)20/h9,13,15,21H,5-8,10-11H2,1-4H3,(H,18,19)/t13-,15-,17+/m0/s1. The number of hydrogen-bond donors (Lipinski definition) is 2. The van der Waals surface area contributed by atoms with Crippen LogP contribution in [-0.2, 0) is 16.7 Å². The third kappa shape index (κ3) is 2.82. The van der Waals surface area contributed by atoms with Crippen molar-refractivity contribution in [2.24, 2.45) is 0 Å². The van der Waals surface area contributed by atoms with Gasteiger partial charge in [0.05, 0.1) is 17.4 Å². The largest absolute Gasteiger partial charge is 0.393 e. The molecule has 22 heavy (non-hydrogen) atoms. The summed E-state index contributed by atoms with van der Waals surface area (Å²) in [5.74, 6) is 0. The fourth-order valence-corrected chi connectivity index (χ4v) is 4.01. The van der Waals surface area contributed by atoms with Gasteiger partial charge in [-0.2, -0.15) is 5.10 Å². The molecule has 0 unspecified atom stereocenters. The molecule has 0 radical (unpaired) electrons. The number of aliphatic hydroxyl groups excluding tert-OH is 1. The lowest BCUT2D eigenvalue weighted by Crippen LogP contribution is -2.51. The maximum Gasteiger partial charge on any atom is 0.0847 e. The van der Waals surface area contributed by atoms with Crippen LogP contribution in [0.5, 0.6) is 0 Å². The average Bonchev–Trinajstić information content (AvgIpc) is 3.05. The number of aromatic nitrogens is 2. The van der Waals surface area contributed by atoms with Gasteiger partial charge in [-0.25, -0.2) is 0 Å². The third-order valence-corrected chi connectivity index (χ3v) is 5.45. The molecule has 3 rings (SSSR count). The summed E-state index contributed by atoms with van der Waals surface area (Å²) in [6, 6.07) is 2.48. The van der Waals surface area contributed by atoms with E-state index in [0.717, 1.165) is 50.2 Å². The highest BCUT2D eigenvalue weighted by molar-refractivity contribution is 5.17. The van der Waals surface area contributed by atoms with Crippen LogP contribution in [0.2, 0.25) is 0 Å². The van der Waals surface area contributed by atoms with E-state index in [1.807, 2.05) is 7.11 Å². The van der Waals surface area contributed by atoms with Gasteiger partial charge in [0.25, 0.3) is 0 Å². The lowest BCUT2D eigenvalue weighted by Gasteiger charge is -2.42. The Morgan fingerprint density at radius 2 is 2.23 bits per heavy atom. The van der Waals surface area contributed by atoms with Crippen molar-refractivity contribution < 1.29 is 9.84 Å². The van der Waals surface area contributed by atoms with Crippen molar-refractivity contribution in [1.29, 1.82) is 0 Å². The van der Waals surface area contributed by atoms with E-state index in [9.17, 15) is 5.11 Å². The molecule has 2 aliphatic rings. The molecule has 5 heteroatoms. The lowest BCUT2D eigenvalue weighted by molar-refractivity contribution is -0.0880. The summed E-state index contributed by atoms with van der Waals surface area (Å²) in [5.41, 5.74) is 2.25. The molecular weight excluding hydrogens is 278 g/mol. The number of nitrogens with zero attached hydrogens (tertiary/aromatic N) is 2. The van der Waals surface area contributed by atoms with Crippen molar-refractivity contribution in [2.45, 2.75) is 76.2 Å². The average molecular weight is 307 g/mol. The first-order valence-electron chi connectivity index (χ1n) is 8.36. The zero-order chi connectivity index (χ0) is 16.0. The summed E-state index contributed by atoms with van der Waals surface area (Å²) >= 11 is 0. The Morgan fingerprint density at radius 1 is 1.45 bits per heavy atom. The monoisotopic (exact) mass is 307 g/mol. The molecule has 0 bridgehead atoms. The van der Waals surface area contributed by atoms with Gasteiger partial charge in [0.15, 0.2) is 0 Å². The number of nitrogens with one attached hydrogen (secondary N) is 1. The Balaban J connectivity index is 1.74. The number of likely N-dealkylation sites (tertiary alicyclic amines) is 1. The minimum Gasteiger partial charge on any atom is -0.393 e. The Labute approximate surface area is 133 Å². The van der Waals surface area contributed by atoms with E-state index in [1.165, 1.54) is 0 Å². The van der Waals surface area contributed by atoms with Crippen molar-refractivity contribution in [1.82, 2.24) is 15.1 Å². The Kier molecular flexibility index (Phi) is 4.08. The van der Waals surface area contributed by atoms with Crippen molar-refractivity contribution in [3.63, 3.8) is 0 Å². The van der Waals surface area contributed by atoms with E-state index in [1.54, 1.807) is 0 Å². The molecule has 5 nitrogen and oxygen atoms in total. The Morgan fingerprint density at radius 3 is 2.86 bits per heavy atom. The summed E-state index contributed by atoms with van der Waals surface area (Å²) < 4.78 is 5.90. The summed E-state index contributed by atoms with van der Waals surface area (Å²) in [7, 11) is 1.82.